The van der Waals surface area contributed by atoms with Crippen molar-refractivity contribution >= 4 is 6.03 Å². The Morgan fingerprint density at radius 2 is 2.29 bits per heavy atom. The molecular weight excluding hydrogens is 270 g/mol. The lowest BCUT2D eigenvalue weighted by Crippen LogP contribution is -2.45. The minimum Gasteiger partial charge on any atom is -0.361 e. The molecule has 1 aliphatic rings. The Morgan fingerprint density at radius 1 is 1.57 bits per heavy atom. The number of urea groups is 1. The van der Waals surface area contributed by atoms with Gasteiger partial charge in [0.05, 0.1) is 12.6 Å². The largest absolute Gasteiger partial charge is 0.361 e. The standard InChI is InChI=1S/C14H25N5O2/c1-14(2,3)12-8-10(17-21-12)11(15-4)9-18(5)19-7-6-16-13(19)20/h8,11,15H,6-7,9H2,1-5H3,(H,16,20). The first-order valence-electron chi connectivity index (χ1n) is 7.23. The van der Waals surface area contributed by atoms with Crippen LogP contribution in [0.5, 0.6) is 0 Å². The zero-order valence-electron chi connectivity index (χ0n) is 13.4. The number of carbonyl (C=O) groups is 1. The number of hydrogen-bond acceptors (Lipinski definition) is 5. The van der Waals surface area contributed by atoms with Crippen molar-refractivity contribution in [1.82, 2.24) is 25.8 Å². The van der Waals surface area contributed by atoms with Gasteiger partial charge in [-0.15, -0.1) is 0 Å². The van der Waals surface area contributed by atoms with Crippen molar-refractivity contribution in [2.75, 3.05) is 33.7 Å². The average molecular weight is 295 g/mol. The molecular formula is C14H25N5O2. The molecule has 1 aromatic rings. The quantitative estimate of drug-likeness (QED) is 0.851. The third kappa shape index (κ3) is 3.54. The molecule has 2 N–H and O–H groups in total. The topological polar surface area (TPSA) is 73.6 Å². The molecule has 0 radical (unpaired) electrons. The molecule has 2 amide bonds. The monoisotopic (exact) mass is 295 g/mol. The van der Waals surface area contributed by atoms with Gasteiger partial charge in [0.25, 0.3) is 0 Å². The molecule has 0 aliphatic carbocycles. The minimum absolute atomic E-state index is 0.00301. The molecule has 0 saturated carbocycles. The van der Waals surface area contributed by atoms with E-state index < -0.39 is 0 Å². The molecule has 7 heteroatoms. The van der Waals surface area contributed by atoms with Gasteiger partial charge in [-0.05, 0) is 7.05 Å². The van der Waals surface area contributed by atoms with Crippen molar-refractivity contribution in [2.45, 2.75) is 32.2 Å². The van der Waals surface area contributed by atoms with Gasteiger partial charge in [-0.25, -0.2) is 9.80 Å². The molecule has 118 valence electrons. The van der Waals surface area contributed by atoms with Crippen LogP contribution in [0.1, 0.15) is 38.3 Å². The maximum Gasteiger partial charge on any atom is 0.332 e. The fourth-order valence-corrected chi connectivity index (χ4v) is 2.29. The number of carbonyl (C=O) groups excluding carboxylic acids is 1. The molecule has 1 saturated heterocycles. The highest BCUT2D eigenvalue weighted by Crippen LogP contribution is 2.25. The van der Waals surface area contributed by atoms with E-state index in [-0.39, 0.29) is 17.5 Å². The number of nitrogens with one attached hydrogen (secondary N) is 2. The van der Waals surface area contributed by atoms with Crippen LogP contribution in [0.2, 0.25) is 0 Å². The molecule has 0 bridgehead atoms. The number of likely N-dealkylation sites (N-methyl/N-ethyl adjacent to an activating group) is 2. The summed E-state index contributed by atoms with van der Waals surface area (Å²) in [5.41, 5.74) is 0.790. The lowest BCUT2D eigenvalue weighted by atomic mass is 9.93. The van der Waals surface area contributed by atoms with E-state index in [1.165, 1.54) is 0 Å². The Kier molecular flexibility index (Phi) is 4.53. The number of hydrazine groups is 1. The summed E-state index contributed by atoms with van der Waals surface area (Å²) < 4.78 is 5.44. The van der Waals surface area contributed by atoms with E-state index >= 15 is 0 Å². The van der Waals surface area contributed by atoms with Crippen LogP contribution in [-0.2, 0) is 5.41 Å². The first-order valence-corrected chi connectivity index (χ1v) is 7.23. The summed E-state index contributed by atoms with van der Waals surface area (Å²) in [6.45, 7) is 8.29. The summed E-state index contributed by atoms with van der Waals surface area (Å²) in [6, 6.07) is 1.94. The third-order valence-electron chi connectivity index (χ3n) is 3.67. The smallest absolute Gasteiger partial charge is 0.332 e. The van der Waals surface area contributed by atoms with E-state index in [4.69, 9.17) is 4.52 Å². The normalized spacial score (nSPS) is 17.4. The molecule has 21 heavy (non-hydrogen) atoms. The molecule has 2 heterocycles. The number of nitrogens with zero attached hydrogens (tertiary/aromatic N) is 3. The van der Waals surface area contributed by atoms with E-state index in [2.05, 4.69) is 36.6 Å². The van der Waals surface area contributed by atoms with Crippen molar-refractivity contribution in [3.8, 4) is 0 Å². The molecule has 1 aromatic heterocycles. The number of rotatable bonds is 5. The molecule has 2 rings (SSSR count). The van der Waals surface area contributed by atoms with Gasteiger partial charge in [0.1, 0.15) is 11.5 Å². The van der Waals surface area contributed by atoms with E-state index in [9.17, 15) is 4.79 Å². The fraction of sp³-hybridized carbons (Fsp3) is 0.714. The highest BCUT2D eigenvalue weighted by molar-refractivity contribution is 5.75. The van der Waals surface area contributed by atoms with Crippen molar-refractivity contribution in [2.24, 2.45) is 0 Å². The lowest BCUT2D eigenvalue weighted by molar-refractivity contribution is 0.0498. The number of amides is 2. The van der Waals surface area contributed by atoms with Crippen LogP contribution in [0.4, 0.5) is 4.79 Å². The predicted molar refractivity (Wildman–Crippen MR) is 79.7 cm³/mol. The molecule has 1 fully saturated rings. The van der Waals surface area contributed by atoms with E-state index in [0.29, 0.717) is 19.6 Å². The Labute approximate surface area is 125 Å². The average Bonchev–Trinajstić information content (AvgIpc) is 3.03. The summed E-state index contributed by atoms with van der Waals surface area (Å²) >= 11 is 0. The Hall–Kier alpha value is -1.60. The zero-order chi connectivity index (χ0) is 15.6. The van der Waals surface area contributed by atoms with Crippen LogP contribution < -0.4 is 10.6 Å². The van der Waals surface area contributed by atoms with Gasteiger partial charge >= 0.3 is 6.03 Å². The van der Waals surface area contributed by atoms with Gasteiger partial charge in [0.15, 0.2) is 0 Å². The predicted octanol–water partition coefficient (Wildman–Crippen LogP) is 1.10. The number of aromatic nitrogens is 1. The SMILES string of the molecule is CNC(CN(C)N1CCNC1=O)c1cc(C(C)(C)C)on1. The van der Waals surface area contributed by atoms with Crippen molar-refractivity contribution < 1.29 is 9.32 Å². The van der Waals surface area contributed by atoms with Gasteiger partial charge in [-0.3, -0.25) is 5.01 Å². The highest BCUT2D eigenvalue weighted by Gasteiger charge is 2.27. The minimum atomic E-state index is -0.0652. The summed E-state index contributed by atoms with van der Waals surface area (Å²) in [6.07, 6.45) is 0. The van der Waals surface area contributed by atoms with Crippen molar-refractivity contribution in [3.05, 3.63) is 17.5 Å². The molecule has 1 atom stereocenters. The van der Waals surface area contributed by atoms with E-state index in [1.54, 1.807) is 5.01 Å². The van der Waals surface area contributed by atoms with Gasteiger partial charge in [0.2, 0.25) is 0 Å². The summed E-state index contributed by atoms with van der Waals surface area (Å²) in [5.74, 6) is 0.860. The second kappa shape index (κ2) is 6.03. The van der Waals surface area contributed by atoms with Crippen LogP contribution in [0.25, 0.3) is 0 Å². The van der Waals surface area contributed by atoms with E-state index in [0.717, 1.165) is 11.5 Å². The molecule has 1 aliphatic heterocycles. The highest BCUT2D eigenvalue weighted by atomic mass is 16.5. The van der Waals surface area contributed by atoms with Gasteiger partial charge in [-0.1, -0.05) is 25.9 Å². The fourth-order valence-electron chi connectivity index (χ4n) is 2.29. The maximum absolute atomic E-state index is 11.7. The van der Waals surface area contributed by atoms with Gasteiger partial charge in [-0.2, -0.15) is 0 Å². The number of hydrogen-bond donors (Lipinski definition) is 2. The van der Waals surface area contributed by atoms with Crippen LogP contribution in [-0.4, -0.2) is 54.9 Å². The van der Waals surface area contributed by atoms with Crippen LogP contribution in [0.3, 0.4) is 0 Å². The molecule has 7 nitrogen and oxygen atoms in total. The summed E-state index contributed by atoms with van der Waals surface area (Å²) in [7, 11) is 3.79. The van der Waals surface area contributed by atoms with Crippen molar-refractivity contribution in [1.29, 1.82) is 0 Å². The second-order valence-electron chi connectivity index (χ2n) is 6.40. The van der Waals surface area contributed by atoms with Gasteiger partial charge in [0, 0.05) is 31.6 Å². The third-order valence-corrected chi connectivity index (χ3v) is 3.67. The molecule has 0 spiro atoms. The van der Waals surface area contributed by atoms with E-state index in [1.807, 2.05) is 25.2 Å². The Morgan fingerprint density at radius 3 is 2.76 bits per heavy atom. The zero-order valence-corrected chi connectivity index (χ0v) is 13.4. The lowest BCUT2D eigenvalue weighted by Gasteiger charge is -2.29. The Balaban J connectivity index is 2.06. The van der Waals surface area contributed by atoms with Crippen LogP contribution in [0.15, 0.2) is 10.6 Å². The second-order valence-corrected chi connectivity index (χ2v) is 6.40. The van der Waals surface area contributed by atoms with Crippen molar-refractivity contribution in [3.63, 3.8) is 0 Å². The summed E-state index contributed by atoms with van der Waals surface area (Å²) in [4.78, 5) is 11.7. The first-order chi connectivity index (χ1) is 9.82. The van der Waals surface area contributed by atoms with Crippen LogP contribution in [0, 0.1) is 0 Å². The summed E-state index contributed by atoms with van der Waals surface area (Å²) in [5, 5.41) is 13.8. The Bertz CT molecular complexity index is 494. The first kappa shape index (κ1) is 15.8. The maximum atomic E-state index is 11.7. The molecule has 1 unspecified atom stereocenters. The molecule has 0 aromatic carbocycles. The van der Waals surface area contributed by atoms with Crippen LogP contribution >= 0.6 is 0 Å². The van der Waals surface area contributed by atoms with Gasteiger partial charge < -0.3 is 15.2 Å².